The zero-order chi connectivity index (χ0) is 15.2. The molecule has 2 N–H and O–H groups in total. The minimum absolute atomic E-state index is 0.317. The van der Waals surface area contributed by atoms with Crippen molar-refractivity contribution in [1.29, 1.82) is 0 Å². The Kier molecular flexibility index (Phi) is 6.21. The lowest BCUT2D eigenvalue weighted by atomic mass is 9.96. The molecule has 112 valence electrons. The second-order valence-electron chi connectivity index (χ2n) is 6.41. The highest BCUT2D eigenvalue weighted by atomic mass is 16.6. The maximum absolute atomic E-state index is 12.1. The Morgan fingerprint density at radius 2 is 1.85 bits per heavy atom. The number of hydrogen-bond acceptors (Lipinski definition) is 3. The molecule has 3 heteroatoms. The van der Waals surface area contributed by atoms with Gasteiger partial charge >= 0.3 is 5.97 Å². The predicted molar refractivity (Wildman–Crippen MR) is 82.4 cm³/mol. The number of benzene rings is 1. The minimum atomic E-state index is -0.601. The summed E-state index contributed by atoms with van der Waals surface area (Å²) < 4.78 is 5.56. The van der Waals surface area contributed by atoms with Crippen LogP contribution in [0.4, 0.5) is 0 Å². The van der Waals surface area contributed by atoms with Crippen LogP contribution in [-0.2, 0) is 16.0 Å². The van der Waals surface area contributed by atoms with Crippen molar-refractivity contribution < 1.29 is 9.53 Å². The lowest BCUT2D eigenvalue weighted by molar-refractivity contribution is -0.158. The van der Waals surface area contributed by atoms with E-state index in [9.17, 15) is 4.79 Å². The molecule has 1 rings (SSSR count). The zero-order valence-electron chi connectivity index (χ0n) is 13.1. The third kappa shape index (κ3) is 6.20. The number of carbonyl (C=O) groups excluding carboxylic acids is 1. The molecule has 0 aliphatic rings. The van der Waals surface area contributed by atoms with Crippen LogP contribution < -0.4 is 5.73 Å². The fourth-order valence-corrected chi connectivity index (χ4v) is 1.99. The monoisotopic (exact) mass is 277 g/mol. The molecule has 0 aliphatic carbocycles. The Labute approximate surface area is 122 Å². The van der Waals surface area contributed by atoms with Crippen LogP contribution in [0.25, 0.3) is 0 Å². The molecule has 0 radical (unpaired) electrons. The maximum atomic E-state index is 12.1. The van der Waals surface area contributed by atoms with Crippen LogP contribution in [0, 0.1) is 5.92 Å². The Bertz CT molecular complexity index is 412. The van der Waals surface area contributed by atoms with E-state index >= 15 is 0 Å². The molecule has 20 heavy (non-hydrogen) atoms. The van der Waals surface area contributed by atoms with Gasteiger partial charge in [-0.05, 0) is 44.6 Å². The Balaban J connectivity index is 2.48. The summed E-state index contributed by atoms with van der Waals surface area (Å²) in [6, 6.07) is 9.17. The van der Waals surface area contributed by atoms with Gasteiger partial charge < -0.3 is 10.5 Å². The smallest absolute Gasteiger partial charge is 0.323 e. The highest BCUT2D eigenvalue weighted by Gasteiger charge is 2.26. The van der Waals surface area contributed by atoms with Gasteiger partial charge in [-0.1, -0.05) is 44.2 Å². The van der Waals surface area contributed by atoms with Crippen LogP contribution in [0.3, 0.4) is 0 Å². The van der Waals surface area contributed by atoms with Crippen LogP contribution in [0.1, 0.15) is 46.1 Å². The van der Waals surface area contributed by atoms with E-state index in [4.69, 9.17) is 10.5 Å². The van der Waals surface area contributed by atoms with Gasteiger partial charge in [0.1, 0.15) is 11.6 Å². The minimum Gasteiger partial charge on any atom is -0.459 e. The van der Waals surface area contributed by atoms with Gasteiger partial charge in [0.15, 0.2) is 0 Å². The van der Waals surface area contributed by atoms with E-state index in [1.54, 1.807) is 0 Å². The summed E-state index contributed by atoms with van der Waals surface area (Å²) in [5, 5.41) is 0. The van der Waals surface area contributed by atoms with Crippen molar-refractivity contribution in [2.75, 3.05) is 0 Å². The highest BCUT2D eigenvalue weighted by molar-refractivity contribution is 5.76. The molecular formula is C17H27NO2. The summed E-state index contributed by atoms with van der Waals surface area (Å²) in [5.41, 5.74) is 6.54. The Hall–Kier alpha value is -1.35. The summed E-state index contributed by atoms with van der Waals surface area (Å²) >= 11 is 0. The third-order valence-corrected chi connectivity index (χ3v) is 3.30. The van der Waals surface area contributed by atoms with Gasteiger partial charge in [0, 0.05) is 0 Å². The first-order chi connectivity index (χ1) is 9.30. The summed E-state index contributed by atoms with van der Waals surface area (Å²) in [7, 11) is 0. The van der Waals surface area contributed by atoms with Crippen LogP contribution in [0.15, 0.2) is 30.3 Å². The lowest BCUT2D eigenvalue weighted by Crippen LogP contribution is -2.40. The quantitative estimate of drug-likeness (QED) is 0.778. The second-order valence-corrected chi connectivity index (χ2v) is 6.41. The number of esters is 1. The van der Waals surface area contributed by atoms with Crippen molar-refractivity contribution in [3.63, 3.8) is 0 Å². The molecule has 1 aromatic carbocycles. The molecule has 0 aliphatic heterocycles. The normalized spacial score (nSPS) is 13.3. The predicted octanol–water partition coefficient (Wildman–Crippen LogP) is 3.31. The average molecular weight is 277 g/mol. The fourth-order valence-electron chi connectivity index (χ4n) is 1.99. The van der Waals surface area contributed by atoms with Crippen LogP contribution in [0.2, 0.25) is 0 Å². The molecule has 0 bridgehead atoms. The highest BCUT2D eigenvalue weighted by Crippen LogP contribution is 2.20. The number of carbonyl (C=O) groups is 1. The van der Waals surface area contributed by atoms with Crippen molar-refractivity contribution in [2.24, 2.45) is 11.7 Å². The van der Waals surface area contributed by atoms with Crippen molar-refractivity contribution in [3.8, 4) is 0 Å². The molecule has 1 atom stereocenters. The molecule has 0 aromatic heterocycles. The SMILES string of the molecule is CC(C)CCC(C)(C)OC(=O)C(N)Cc1ccccc1. The fraction of sp³-hybridized carbons (Fsp3) is 0.588. The van der Waals surface area contributed by atoms with Gasteiger partial charge in [-0.15, -0.1) is 0 Å². The summed E-state index contributed by atoms with van der Waals surface area (Å²) in [5.74, 6) is 0.286. The van der Waals surface area contributed by atoms with Crippen LogP contribution in [-0.4, -0.2) is 17.6 Å². The first kappa shape index (κ1) is 16.7. The Morgan fingerprint density at radius 1 is 1.25 bits per heavy atom. The van der Waals surface area contributed by atoms with Gasteiger partial charge in [-0.3, -0.25) is 4.79 Å². The van der Waals surface area contributed by atoms with Gasteiger partial charge in [-0.2, -0.15) is 0 Å². The van der Waals surface area contributed by atoms with Gasteiger partial charge in [0.05, 0.1) is 0 Å². The zero-order valence-corrected chi connectivity index (χ0v) is 13.1. The molecule has 1 unspecified atom stereocenters. The van der Waals surface area contributed by atoms with Crippen molar-refractivity contribution in [3.05, 3.63) is 35.9 Å². The standard InChI is InChI=1S/C17H27NO2/c1-13(2)10-11-17(3,4)20-16(19)15(18)12-14-8-6-5-7-9-14/h5-9,13,15H,10-12,18H2,1-4H3. The van der Waals surface area contributed by atoms with Crippen molar-refractivity contribution >= 4 is 5.97 Å². The first-order valence-corrected chi connectivity index (χ1v) is 7.32. The van der Waals surface area contributed by atoms with Crippen LogP contribution in [0.5, 0.6) is 0 Å². The number of ether oxygens (including phenoxy) is 1. The maximum Gasteiger partial charge on any atom is 0.323 e. The second kappa shape index (κ2) is 7.44. The number of nitrogens with two attached hydrogens (primary N) is 1. The summed E-state index contributed by atoms with van der Waals surface area (Å²) in [6.45, 7) is 8.23. The molecule has 0 saturated carbocycles. The summed E-state index contributed by atoms with van der Waals surface area (Å²) in [6.07, 6.45) is 2.41. The van der Waals surface area contributed by atoms with E-state index < -0.39 is 11.6 Å². The molecule has 0 amide bonds. The molecular weight excluding hydrogens is 250 g/mol. The largest absolute Gasteiger partial charge is 0.459 e. The van der Waals surface area contributed by atoms with Gasteiger partial charge in [0.25, 0.3) is 0 Å². The molecule has 0 saturated heterocycles. The molecule has 0 fully saturated rings. The molecule has 1 aromatic rings. The Morgan fingerprint density at radius 3 is 2.40 bits per heavy atom. The van der Waals surface area contributed by atoms with Crippen molar-refractivity contribution in [1.82, 2.24) is 0 Å². The molecule has 3 nitrogen and oxygen atoms in total. The van der Waals surface area contributed by atoms with Crippen molar-refractivity contribution in [2.45, 2.75) is 58.6 Å². The third-order valence-electron chi connectivity index (χ3n) is 3.30. The van der Waals surface area contributed by atoms with Gasteiger partial charge in [-0.25, -0.2) is 0 Å². The van der Waals surface area contributed by atoms with Crippen LogP contribution >= 0.6 is 0 Å². The molecule has 0 spiro atoms. The summed E-state index contributed by atoms with van der Waals surface area (Å²) in [4.78, 5) is 12.1. The lowest BCUT2D eigenvalue weighted by Gasteiger charge is -2.27. The van der Waals surface area contributed by atoms with E-state index in [0.29, 0.717) is 12.3 Å². The number of hydrogen-bond donors (Lipinski definition) is 1. The van der Waals surface area contributed by atoms with E-state index in [0.717, 1.165) is 18.4 Å². The van der Waals surface area contributed by atoms with E-state index in [2.05, 4.69) is 13.8 Å². The van der Waals surface area contributed by atoms with E-state index in [-0.39, 0.29) is 5.97 Å². The first-order valence-electron chi connectivity index (χ1n) is 7.32. The van der Waals surface area contributed by atoms with E-state index in [1.807, 2.05) is 44.2 Å². The van der Waals surface area contributed by atoms with Gasteiger partial charge in [0.2, 0.25) is 0 Å². The number of rotatable bonds is 7. The average Bonchev–Trinajstić information content (AvgIpc) is 2.37. The molecule has 0 heterocycles. The topological polar surface area (TPSA) is 52.3 Å². The van der Waals surface area contributed by atoms with E-state index in [1.165, 1.54) is 0 Å².